The summed E-state index contributed by atoms with van der Waals surface area (Å²) >= 11 is 1.02. The summed E-state index contributed by atoms with van der Waals surface area (Å²) in [4.78, 5) is 23.7. The lowest BCUT2D eigenvalue weighted by atomic mass is 10.2. The molecule has 0 unspecified atom stereocenters. The summed E-state index contributed by atoms with van der Waals surface area (Å²) in [6, 6.07) is 13.7. The average molecular weight is 386 g/mol. The maximum Gasteiger partial charge on any atom is 0.325 e. The number of nitrogens with two attached hydrogens (primary N) is 1. The Morgan fingerprint density at radius 1 is 1.07 bits per heavy atom. The monoisotopic (exact) mass is 386 g/mol. The highest BCUT2D eigenvalue weighted by molar-refractivity contribution is 7.99. The number of imide groups is 1. The summed E-state index contributed by atoms with van der Waals surface area (Å²) in [7, 11) is 0. The number of rotatable bonds is 5. The minimum atomic E-state index is -0.631. The Morgan fingerprint density at radius 2 is 1.78 bits per heavy atom. The first-order chi connectivity index (χ1) is 13.0. The van der Waals surface area contributed by atoms with Gasteiger partial charge in [0.1, 0.15) is 5.82 Å². The number of amides is 3. The van der Waals surface area contributed by atoms with Crippen LogP contribution < -0.4 is 16.5 Å². The molecule has 0 saturated carbocycles. The van der Waals surface area contributed by atoms with Gasteiger partial charge in [-0.15, -0.1) is 10.2 Å². The Hall–Kier alpha value is -3.40. The number of anilines is 1. The SMILES string of the molecule is Nn1c(SCC(=O)NC(=O)Nc2ccccc2)nnc1-c1ccc(F)cc1. The van der Waals surface area contributed by atoms with Crippen LogP contribution in [0.5, 0.6) is 0 Å². The zero-order chi connectivity index (χ0) is 19.2. The molecule has 2 aromatic carbocycles. The maximum atomic E-state index is 13.0. The minimum Gasteiger partial charge on any atom is -0.335 e. The number of thioether (sulfide) groups is 1. The van der Waals surface area contributed by atoms with Crippen LogP contribution in [0.25, 0.3) is 11.4 Å². The van der Waals surface area contributed by atoms with Gasteiger partial charge in [-0.3, -0.25) is 10.1 Å². The number of para-hydroxylation sites is 1. The molecule has 8 nitrogen and oxygen atoms in total. The number of nitrogen functional groups attached to an aromatic ring is 1. The molecule has 0 atom stereocenters. The van der Waals surface area contributed by atoms with Gasteiger partial charge in [0, 0.05) is 11.3 Å². The van der Waals surface area contributed by atoms with Gasteiger partial charge in [-0.1, -0.05) is 30.0 Å². The van der Waals surface area contributed by atoms with E-state index in [0.29, 0.717) is 17.1 Å². The van der Waals surface area contributed by atoms with Gasteiger partial charge in [-0.2, -0.15) is 0 Å². The largest absolute Gasteiger partial charge is 0.335 e. The predicted octanol–water partition coefficient (Wildman–Crippen LogP) is 2.24. The molecule has 0 aliphatic carbocycles. The zero-order valence-corrected chi connectivity index (χ0v) is 14.7. The number of hydrogen-bond acceptors (Lipinski definition) is 6. The van der Waals surface area contributed by atoms with Crippen molar-refractivity contribution in [2.24, 2.45) is 0 Å². The van der Waals surface area contributed by atoms with Crippen molar-refractivity contribution >= 4 is 29.4 Å². The Bertz CT molecular complexity index is 946. The summed E-state index contributed by atoms with van der Waals surface area (Å²) in [5, 5.41) is 12.9. The van der Waals surface area contributed by atoms with Crippen LogP contribution in [-0.2, 0) is 4.79 Å². The number of carbonyl (C=O) groups excluding carboxylic acids is 2. The summed E-state index contributed by atoms with van der Waals surface area (Å²) < 4.78 is 14.2. The molecule has 0 aliphatic rings. The fourth-order valence-electron chi connectivity index (χ4n) is 2.15. The molecular formula is C17H15FN6O2S. The molecule has 1 aromatic heterocycles. The highest BCUT2D eigenvalue weighted by Crippen LogP contribution is 2.21. The van der Waals surface area contributed by atoms with Crippen LogP contribution >= 0.6 is 11.8 Å². The van der Waals surface area contributed by atoms with E-state index < -0.39 is 11.9 Å². The van der Waals surface area contributed by atoms with Crippen molar-refractivity contribution in [3.8, 4) is 11.4 Å². The number of aromatic nitrogens is 3. The highest BCUT2D eigenvalue weighted by atomic mass is 32.2. The van der Waals surface area contributed by atoms with Gasteiger partial charge in [0.2, 0.25) is 11.1 Å². The normalized spacial score (nSPS) is 10.4. The van der Waals surface area contributed by atoms with E-state index in [0.717, 1.165) is 11.8 Å². The number of urea groups is 1. The highest BCUT2D eigenvalue weighted by Gasteiger charge is 2.15. The molecule has 10 heteroatoms. The van der Waals surface area contributed by atoms with E-state index in [2.05, 4.69) is 20.8 Å². The molecule has 3 aromatic rings. The predicted molar refractivity (Wildman–Crippen MR) is 99.9 cm³/mol. The van der Waals surface area contributed by atoms with Crippen molar-refractivity contribution in [1.82, 2.24) is 20.2 Å². The molecule has 4 N–H and O–H groups in total. The second-order valence-corrected chi connectivity index (χ2v) is 6.28. The molecule has 0 saturated heterocycles. The van der Waals surface area contributed by atoms with E-state index in [9.17, 15) is 14.0 Å². The third-order valence-corrected chi connectivity index (χ3v) is 4.33. The van der Waals surface area contributed by atoms with Crippen LogP contribution in [0.1, 0.15) is 0 Å². The van der Waals surface area contributed by atoms with Crippen molar-refractivity contribution in [2.75, 3.05) is 16.9 Å². The Balaban J connectivity index is 1.54. The van der Waals surface area contributed by atoms with E-state index in [1.807, 2.05) is 6.07 Å². The summed E-state index contributed by atoms with van der Waals surface area (Å²) in [5.41, 5.74) is 1.16. The van der Waals surface area contributed by atoms with Crippen LogP contribution in [0.4, 0.5) is 14.9 Å². The first kappa shape index (κ1) is 18.4. The summed E-state index contributed by atoms with van der Waals surface area (Å²) in [6.45, 7) is 0. The van der Waals surface area contributed by atoms with Crippen molar-refractivity contribution in [2.45, 2.75) is 5.16 Å². The molecule has 3 amide bonds. The molecule has 138 valence electrons. The van der Waals surface area contributed by atoms with Crippen molar-refractivity contribution in [1.29, 1.82) is 0 Å². The molecule has 0 spiro atoms. The Kier molecular flexibility index (Phi) is 5.67. The molecule has 1 heterocycles. The molecular weight excluding hydrogens is 371 g/mol. The average Bonchev–Trinajstić information content (AvgIpc) is 3.02. The molecule has 0 radical (unpaired) electrons. The lowest BCUT2D eigenvalue weighted by Gasteiger charge is -2.06. The van der Waals surface area contributed by atoms with Gasteiger partial charge < -0.3 is 11.2 Å². The van der Waals surface area contributed by atoms with Gasteiger partial charge in [0.15, 0.2) is 5.82 Å². The summed E-state index contributed by atoms with van der Waals surface area (Å²) in [5.74, 6) is 5.29. The fourth-order valence-corrected chi connectivity index (χ4v) is 2.80. The maximum absolute atomic E-state index is 13.0. The van der Waals surface area contributed by atoms with Gasteiger partial charge in [-0.25, -0.2) is 13.9 Å². The lowest BCUT2D eigenvalue weighted by Crippen LogP contribution is -2.35. The van der Waals surface area contributed by atoms with Gasteiger partial charge in [0.05, 0.1) is 5.75 Å². The van der Waals surface area contributed by atoms with E-state index in [1.165, 1.54) is 28.9 Å². The van der Waals surface area contributed by atoms with Crippen molar-refractivity contribution < 1.29 is 14.0 Å². The molecule has 0 aliphatic heterocycles. The Morgan fingerprint density at radius 3 is 2.48 bits per heavy atom. The van der Waals surface area contributed by atoms with E-state index in [4.69, 9.17) is 5.84 Å². The van der Waals surface area contributed by atoms with Crippen LogP contribution in [0, 0.1) is 5.82 Å². The number of hydrogen-bond donors (Lipinski definition) is 3. The molecule has 3 rings (SSSR count). The minimum absolute atomic E-state index is 0.0824. The second kappa shape index (κ2) is 8.32. The smallest absolute Gasteiger partial charge is 0.325 e. The first-order valence-electron chi connectivity index (χ1n) is 7.78. The van der Waals surface area contributed by atoms with E-state index in [-0.39, 0.29) is 16.7 Å². The number of carbonyl (C=O) groups is 2. The second-order valence-electron chi connectivity index (χ2n) is 5.34. The fraction of sp³-hybridized carbons (Fsp3) is 0.0588. The number of nitrogens with one attached hydrogen (secondary N) is 2. The molecule has 0 bridgehead atoms. The van der Waals surface area contributed by atoms with Crippen LogP contribution in [-0.4, -0.2) is 32.6 Å². The van der Waals surface area contributed by atoms with Crippen molar-refractivity contribution in [3.05, 3.63) is 60.4 Å². The van der Waals surface area contributed by atoms with Gasteiger partial charge >= 0.3 is 6.03 Å². The molecule has 0 fully saturated rings. The third-order valence-electron chi connectivity index (χ3n) is 3.38. The summed E-state index contributed by atoms with van der Waals surface area (Å²) in [6.07, 6.45) is 0. The topological polar surface area (TPSA) is 115 Å². The standard InChI is InChI=1S/C17H15FN6O2S/c18-12-8-6-11(7-9-12)15-22-23-17(24(15)19)27-10-14(25)21-16(26)20-13-4-2-1-3-5-13/h1-9H,10,19H2,(H2,20,21,25,26). The van der Waals surface area contributed by atoms with E-state index in [1.54, 1.807) is 24.3 Å². The first-order valence-corrected chi connectivity index (χ1v) is 8.76. The number of nitrogens with zero attached hydrogens (tertiary/aromatic N) is 3. The molecule has 27 heavy (non-hydrogen) atoms. The van der Waals surface area contributed by atoms with Gasteiger partial charge in [0.25, 0.3) is 0 Å². The quantitative estimate of drug-likeness (QED) is 0.458. The Labute approximate surface area is 157 Å². The number of halogens is 1. The van der Waals surface area contributed by atoms with Crippen LogP contribution in [0.3, 0.4) is 0 Å². The van der Waals surface area contributed by atoms with Crippen LogP contribution in [0.15, 0.2) is 59.8 Å². The van der Waals surface area contributed by atoms with E-state index >= 15 is 0 Å². The number of benzene rings is 2. The van der Waals surface area contributed by atoms with Crippen molar-refractivity contribution in [3.63, 3.8) is 0 Å². The van der Waals surface area contributed by atoms with Crippen LogP contribution in [0.2, 0.25) is 0 Å². The zero-order valence-electron chi connectivity index (χ0n) is 13.9. The third kappa shape index (κ3) is 4.82. The lowest BCUT2D eigenvalue weighted by molar-refractivity contribution is -0.117. The van der Waals surface area contributed by atoms with Gasteiger partial charge in [-0.05, 0) is 36.4 Å².